The quantitative estimate of drug-likeness (QED) is 0.730. The first-order valence-electron chi connectivity index (χ1n) is 8.41. The van der Waals surface area contributed by atoms with Gasteiger partial charge in [0.05, 0.1) is 11.8 Å². The highest BCUT2D eigenvalue weighted by molar-refractivity contribution is 5.23. The zero-order valence-electron chi connectivity index (χ0n) is 14.1. The van der Waals surface area contributed by atoms with Crippen LogP contribution in [-0.4, -0.2) is 61.1 Å². The fourth-order valence-electron chi connectivity index (χ4n) is 3.32. The molecule has 3 aromatic heterocycles. The Hall–Kier alpha value is -2.58. The van der Waals surface area contributed by atoms with Crippen molar-refractivity contribution in [1.29, 1.82) is 0 Å². The Balaban J connectivity index is 1.43. The summed E-state index contributed by atoms with van der Waals surface area (Å²) in [5.41, 5.74) is 1.09. The van der Waals surface area contributed by atoms with Gasteiger partial charge in [-0.25, -0.2) is 14.6 Å². The Morgan fingerprint density at radius 2 is 2.24 bits per heavy atom. The largest absolute Gasteiger partial charge is 0.376 e. The van der Waals surface area contributed by atoms with Gasteiger partial charge in [-0.2, -0.15) is 10.2 Å². The minimum Gasteiger partial charge on any atom is -0.376 e. The molecule has 1 N–H and O–H groups in total. The Labute approximate surface area is 145 Å². The van der Waals surface area contributed by atoms with Gasteiger partial charge in [-0.15, -0.1) is 0 Å². The number of aromatic amines is 1. The van der Waals surface area contributed by atoms with Crippen molar-refractivity contribution in [3.8, 4) is 5.82 Å². The van der Waals surface area contributed by atoms with Crippen LogP contribution in [0.3, 0.4) is 0 Å². The maximum Gasteiger partial charge on any atom is 0.153 e. The lowest BCUT2D eigenvalue weighted by Crippen LogP contribution is -2.32. The molecule has 0 aliphatic carbocycles. The number of ether oxygens (including phenoxy) is 1. The number of hydrogen-bond acceptors (Lipinski definition) is 6. The Kier molecular flexibility index (Phi) is 4.53. The van der Waals surface area contributed by atoms with E-state index in [1.54, 1.807) is 18.7 Å². The molecule has 0 spiro atoms. The van der Waals surface area contributed by atoms with Gasteiger partial charge in [0, 0.05) is 38.0 Å². The highest BCUT2D eigenvalue weighted by Crippen LogP contribution is 2.29. The Bertz CT molecular complexity index is 786. The summed E-state index contributed by atoms with van der Waals surface area (Å²) in [5.74, 6) is 2.01. The van der Waals surface area contributed by atoms with E-state index in [4.69, 9.17) is 4.74 Å². The maximum atomic E-state index is 5.93. The van der Waals surface area contributed by atoms with E-state index in [0.29, 0.717) is 0 Å². The average molecular weight is 339 g/mol. The van der Waals surface area contributed by atoms with E-state index in [1.165, 1.54) is 0 Å². The van der Waals surface area contributed by atoms with Gasteiger partial charge >= 0.3 is 0 Å². The van der Waals surface area contributed by atoms with Crippen LogP contribution in [0.15, 0.2) is 43.0 Å². The molecule has 4 rings (SSSR count). The molecule has 25 heavy (non-hydrogen) atoms. The lowest BCUT2D eigenvalue weighted by atomic mass is 10.0. The van der Waals surface area contributed by atoms with Crippen molar-refractivity contribution < 1.29 is 4.74 Å². The molecule has 1 saturated heterocycles. The molecule has 1 aliphatic heterocycles. The first kappa shape index (κ1) is 15.9. The van der Waals surface area contributed by atoms with Crippen LogP contribution in [0.5, 0.6) is 0 Å². The molecular formula is C17H21N7O. The highest BCUT2D eigenvalue weighted by Gasteiger charge is 2.32. The molecule has 0 unspecified atom stereocenters. The first-order chi connectivity index (χ1) is 12.3. The smallest absolute Gasteiger partial charge is 0.153 e. The number of H-pyrrole nitrogens is 1. The molecule has 130 valence electrons. The van der Waals surface area contributed by atoms with Crippen LogP contribution < -0.4 is 0 Å². The third-order valence-corrected chi connectivity index (χ3v) is 4.51. The van der Waals surface area contributed by atoms with Gasteiger partial charge in [-0.05, 0) is 31.7 Å². The van der Waals surface area contributed by atoms with Crippen LogP contribution in [0.25, 0.3) is 5.82 Å². The molecular weight excluding hydrogens is 318 g/mol. The van der Waals surface area contributed by atoms with Gasteiger partial charge in [0.1, 0.15) is 12.2 Å². The van der Waals surface area contributed by atoms with Crippen molar-refractivity contribution in [1.82, 2.24) is 34.8 Å². The number of hydrogen-bond donors (Lipinski definition) is 1. The predicted octanol–water partition coefficient (Wildman–Crippen LogP) is 1.39. The van der Waals surface area contributed by atoms with Gasteiger partial charge in [-0.1, -0.05) is 6.07 Å². The van der Waals surface area contributed by atoms with E-state index < -0.39 is 0 Å². The maximum absolute atomic E-state index is 5.93. The summed E-state index contributed by atoms with van der Waals surface area (Å²) in [4.78, 5) is 10.9. The van der Waals surface area contributed by atoms with E-state index >= 15 is 0 Å². The van der Waals surface area contributed by atoms with Gasteiger partial charge in [0.15, 0.2) is 5.82 Å². The molecule has 4 heterocycles. The minimum absolute atomic E-state index is 0.115. The molecule has 3 aromatic rings. The van der Waals surface area contributed by atoms with E-state index in [2.05, 4.69) is 37.2 Å². The second-order valence-corrected chi connectivity index (χ2v) is 6.29. The SMILES string of the molecule is CN(Cc1ccnn1-c1ccccn1)C[C@H]1OCC[C@H]1c1ncn[nH]1. The fourth-order valence-corrected chi connectivity index (χ4v) is 3.32. The number of aromatic nitrogens is 6. The third kappa shape index (κ3) is 3.45. The minimum atomic E-state index is 0.115. The summed E-state index contributed by atoms with van der Waals surface area (Å²) in [6, 6.07) is 7.84. The van der Waals surface area contributed by atoms with Crippen molar-refractivity contribution in [3.05, 3.63) is 54.5 Å². The summed E-state index contributed by atoms with van der Waals surface area (Å²) in [6.07, 6.45) is 6.23. The van der Waals surface area contributed by atoms with Crippen LogP contribution >= 0.6 is 0 Å². The molecule has 2 atom stereocenters. The second kappa shape index (κ2) is 7.12. The summed E-state index contributed by atoms with van der Waals surface area (Å²) in [5, 5.41) is 11.3. The van der Waals surface area contributed by atoms with Crippen molar-refractivity contribution in [2.24, 2.45) is 0 Å². The van der Waals surface area contributed by atoms with Crippen molar-refractivity contribution >= 4 is 0 Å². The number of nitrogens with one attached hydrogen (secondary N) is 1. The van der Waals surface area contributed by atoms with Crippen LogP contribution in [0.4, 0.5) is 0 Å². The molecule has 1 aliphatic rings. The molecule has 0 bridgehead atoms. The zero-order chi connectivity index (χ0) is 17.1. The molecule has 0 saturated carbocycles. The summed E-state index contributed by atoms with van der Waals surface area (Å²) < 4.78 is 7.80. The zero-order valence-corrected chi connectivity index (χ0v) is 14.1. The Morgan fingerprint density at radius 1 is 1.28 bits per heavy atom. The number of rotatable bonds is 6. The van der Waals surface area contributed by atoms with E-state index in [-0.39, 0.29) is 12.0 Å². The van der Waals surface area contributed by atoms with E-state index in [9.17, 15) is 0 Å². The van der Waals surface area contributed by atoms with Gasteiger partial charge < -0.3 is 4.74 Å². The van der Waals surface area contributed by atoms with E-state index in [1.807, 2.05) is 28.9 Å². The molecule has 0 aromatic carbocycles. The molecule has 0 amide bonds. The monoisotopic (exact) mass is 339 g/mol. The summed E-state index contributed by atoms with van der Waals surface area (Å²) >= 11 is 0. The van der Waals surface area contributed by atoms with Crippen LogP contribution in [-0.2, 0) is 11.3 Å². The van der Waals surface area contributed by atoms with Gasteiger partial charge in [0.2, 0.25) is 0 Å². The second-order valence-electron chi connectivity index (χ2n) is 6.29. The number of nitrogens with zero attached hydrogens (tertiary/aromatic N) is 6. The van der Waals surface area contributed by atoms with Crippen molar-refractivity contribution in [2.45, 2.75) is 25.0 Å². The summed E-state index contributed by atoms with van der Waals surface area (Å²) in [6.45, 7) is 2.34. The normalized spacial score (nSPS) is 20.4. The lowest BCUT2D eigenvalue weighted by Gasteiger charge is -2.23. The average Bonchev–Trinajstić information content (AvgIpc) is 3.37. The molecule has 0 radical (unpaired) electrons. The molecule has 8 nitrogen and oxygen atoms in total. The molecule has 8 heteroatoms. The van der Waals surface area contributed by atoms with Crippen LogP contribution in [0, 0.1) is 0 Å². The number of pyridine rings is 1. The molecule has 1 fully saturated rings. The Morgan fingerprint density at radius 3 is 3.04 bits per heavy atom. The standard InChI is InChI=1S/C17H21N7O/c1-23(11-15-14(6-9-25-15)17-19-12-20-22-17)10-13-5-8-21-24(13)16-4-2-3-7-18-16/h2-5,7-8,12,14-15H,6,9-11H2,1H3,(H,19,20,22)/t14-,15-/m1/s1. The van der Waals surface area contributed by atoms with Crippen molar-refractivity contribution in [2.75, 3.05) is 20.2 Å². The van der Waals surface area contributed by atoms with Crippen LogP contribution in [0.1, 0.15) is 23.9 Å². The van der Waals surface area contributed by atoms with Crippen molar-refractivity contribution in [3.63, 3.8) is 0 Å². The lowest BCUT2D eigenvalue weighted by molar-refractivity contribution is 0.0706. The fraction of sp³-hybridized carbons (Fsp3) is 0.412. The first-order valence-corrected chi connectivity index (χ1v) is 8.41. The van der Waals surface area contributed by atoms with Gasteiger partial charge in [-0.3, -0.25) is 10.00 Å². The van der Waals surface area contributed by atoms with Gasteiger partial charge in [0.25, 0.3) is 0 Å². The summed E-state index contributed by atoms with van der Waals surface area (Å²) in [7, 11) is 2.09. The number of likely N-dealkylation sites (N-methyl/N-ethyl adjacent to an activating group) is 1. The predicted molar refractivity (Wildman–Crippen MR) is 91.2 cm³/mol. The third-order valence-electron chi connectivity index (χ3n) is 4.51. The van der Waals surface area contributed by atoms with Crippen LogP contribution in [0.2, 0.25) is 0 Å². The van der Waals surface area contributed by atoms with E-state index in [0.717, 1.165) is 43.5 Å². The topological polar surface area (TPSA) is 84.8 Å². The highest BCUT2D eigenvalue weighted by atomic mass is 16.5.